The van der Waals surface area contributed by atoms with Crippen LogP contribution in [-0.2, 0) is 4.79 Å². The summed E-state index contributed by atoms with van der Waals surface area (Å²) in [4.78, 5) is 13.1. The SMILES string of the molecule is C=CCN[C@H](CN1CC1(CC)C(=O)O)c1cc(F)c(F)c(F)c1. The van der Waals surface area contributed by atoms with Gasteiger partial charge in [0.1, 0.15) is 5.54 Å². The van der Waals surface area contributed by atoms with Crippen LogP contribution in [0.4, 0.5) is 13.2 Å². The van der Waals surface area contributed by atoms with Gasteiger partial charge in [-0.2, -0.15) is 0 Å². The minimum Gasteiger partial charge on any atom is -0.480 e. The summed E-state index contributed by atoms with van der Waals surface area (Å²) in [5.74, 6) is -4.97. The fraction of sp³-hybridized carbons (Fsp3) is 0.438. The molecule has 1 aromatic carbocycles. The Kier molecular flexibility index (Phi) is 5.11. The first-order chi connectivity index (χ1) is 10.9. The molecule has 0 aromatic heterocycles. The standard InChI is InChI=1S/C16H19F3N2O2/c1-3-5-20-13(8-21-9-16(21,4-2)15(22)23)10-6-11(17)14(19)12(18)7-10/h3,6-7,13,20H,1,4-5,8-9H2,2H3,(H,22,23)/t13-,16?,21?/m1/s1. The van der Waals surface area contributed by atoms with Gasteiger partial charge in [0.25, 0.3) is 0 Å². The molecule has 0 amide bonds. The van der Waals surface area contributed by atoms with Crippen LogP contribution < -0.4 is 5.32 Å². The molecule has 1 heterocycles. The molecule has 0 aliphatic carbocycles. The summed E-state index contributed by atoms with van der Waals surface area (Å²) < 4.78 is 40.0. The number of carbonyl (C=O) groups is 1. The number of carboxylic acids is 1. The van der Waals surface area contributed by atoms with E-state index in [0.29, 0.717) is 19.5 Å². The molecular formula is C16H19F3N2O2. The summed E-state index contributed by atoms with van der Waals surface area (Å²) >= 11 is 0. The minimum absolute atomic E-state index is 0.227. The van der Waals surface area contributed by atoms with Crippen molar-refractivity contribution < 1.29 is 23.1 Å². The van der Waals surface area contributed by atoms with Crippen molar-refractivity contribution in [3.8, 4) is 0 Å². The van der Waals surface area contributed by atoms with Gasteiger partial charge in [0.2, 0.25) is 0 Å². The zero-order chi connectivity index (χ0) is 17.2. The van der Waals surface area contributed by atoms with Gasteiger partial charge in [-0.1, -0.05) is 13.0 Å². The number of hydrogen-bond acceptors (Lipinski definition) is 3. The Morgan fingerprint density at radius 3 is 2.52 bits per heavy atom. The van der Waals surface area contributed by atoms with Crippen LogP contribution in [0.3, 0.4) is 0 Å². The van der Waals surface area contributed by atoms with Crippen molar-refractivity contribution in [3.05, 3.63) is 47.8 Å². The van der Waals surface area contributed by atoms with Crippen LogP contribution >= 0.6 is 0 Å². The lowest BCUT2D eigenvalue weighted by Gasteiger charge is -2.21. The van der Waals surface area contributed by atoms with Crippen LogP contribution in [0.5, 0.6) is 0 Å². The molecule has 1 aromatic rings. The molecule has 0 saturated carbocycles. The topological polar surface area (TPSA) is 52.3 Å². The third kappa shape index (κ3) is 3.40. The van der Waals surface area contributed by atoms with Gasteiger partial charge in [-0.25, -0.2) is 13.2 Å². The van der Waals surface area contributed by atoms with Gasteiger partial charge < -0.3 is 10.4 Å². The number of nitrogens with zero attached hydrogens (tertiary/aromatic N) is 1. The molecule has 0 bridgehead atoms. The summed E-state index contributed by atoms with van der Waals surface area (Å²) in [6.07, 6.45) is 2.01. The molecule has 2 N–H and O–H groups in total. The first-order valence-corrected chi connectivity index (χ1v) is 7.33. The number of rotatable bonds is 8. The Morgan fingerprint density at radius 2 is 2.09 bits per heavy atom. The highest BCUT2D eigenvalue weighted by Crippen LogP contribution is 2.37. The van der Waals surface area contributed by atoms with Crippen LogP contribution in [0, 0.1) is 17.5 Å². The number of hydrogen-bond donors (Lipinski definition) is 2. The van der Waals surface area contributed by atoms with Gasteiger partial charge in [-0.3, -0.25) is 9.69 Å². The Bertz CT molecular complexity index is 600. The molecule has 3 atom stereocenters. The van der Waals surface area contributed by atoms with Crippen molar-refractivity contribution >= 4 is 5.97 Å². The predicted molar refractivity (Wildman–Crippen MR) is 79.5 cm³/mol. The molecule has 0 spiro atoms. The maximum Gasteiger partial charge on any atom is 0.325 e. The van der Waals surface area contributed by atoms with Crippen molar-refractivity contribution in [1.82, 2.24) is 10.2 Å². The van der Waals surface area contributed by atoms with Gasteiger partial charge in [0.05, 0.1) is 0 Å². The minimum atomic E-state index is -1.52. The van der Waals surface area contributed by atoms with Crippen LogP contribution in [0.15, 0.2) is 24.8 Å². The second-order valence-electron chi connectivity index (χ2n) is 5.62. The molecule has 126 valence electrons. The molecule has 23 heavy (non-hydrogen) atoms. The van der Waals surface area contributed by atoms with E-state index in [-0.39, 0.29) is 12.1 Å². The van der Waals surface area contributed by atoms with Crippen LogP contribution in [0.25, 0.3) is 0 Å². The second-order valence-corrected chi connectivity index (χ2v) is 5.62. The Balaban J connectivity index is 2.22. The van der Waals surface area contributed by atoms with E-state index in [1.54, 1.807) is 17.9 Å². The largest absolute Gasteiger partial charge is 0.480 e. The van der Waals surface area contributed by atoms with E-state index in [1.807, 2.05) is 0 Å². The number of nitrogens with one attached hydrogen (secondary N) is 1. The molecule has 7 heteroatoms. The highest BCUT2D eigenvalue weighted by atomic mass is 19.2. The average molecular weight is 328 g/mol. The lowest BCUT2D eigenvalue weighted by Crippen LogP contribution is -2.34. The summed E-state index contributed by atoms with van der Waals surface area (Å²) in [5.41, 5.74) is -0.698. The molecule has 0 radical (unpaired) electrons. The van der Waals surface area contributed by atoms with Gasteiger partial charge in [-0.05, 0) is 24.1 Å². The van der Waals surface area contributed by atoms with E-state index in [1.165, 1.54) is 0 Å². The van der Waals surface area contributed by atoms with E-state index < -0.39 is 35.0 Å². The lowest BCUT2D eigenvalue weighted by atomic mass is 10.0. The van der Waals surface area contributed by atoms with E-state index >= 15 is 0 Å². The van der Waals surface area contributed by atoms with Crippen molar-refractivity contribution in [3.63, 3.8) is 0 Å². The number of aliphatic carboxylic acids is 1. The first kappa shape index (κ1) is 17.5. The fourth-order valence-electron chi connectivity index (χ4n) is 2.72. The maximum absolute atomic E-state index is 13.5. The van der Waals surface area contributed by atoms with Crippen molar-refractivity contribution in [2.45, 2.75) is 24.9 Å². The molecule has 1 aliphatic heterocycles. The van der Waals surface area contributed by atoms with Gasteiger partial charge in [0.15, 0.2) is 17.5 Å². The van der Waals surface area contributed by atoms with E-state index in [9.17, 15) is 23.1 Å². The Hall–Kier alpha value is -1.86. The molecule has 2 rings (SSSR count). The van der Waals surface area contributed by atoms with E-state index in [4.69, 9.17) is 0 Å². The first-order valence-electron chi connectivity index (χ1n) is 7.33. The summed E-state index contributed by atoms with van der Waals surface area (Å²) in [5, 5.41) is 12.3. The lowest BCUT2D eigenvalue weighted by molar-refractivity contribution is -0.141. The molecule has 1 aliphatic rings. The maximum atomic E-state index is 13.5. The second kappa shape index (κ2) is 6.72. The Morgan fingerprint density at radius 1 is 1.48 bits per heavy atom. The van der Waals surface area contributed by atoms with Crippen LogP contribution in [0.2, 0.25) is 0 Å². The van der Waals surface area contributed by atoms with E-state index in [0.717, 1.165) is 12.1 Å². The average Bonchev–Trinajstić information content (AvgIpc) is 3.23. The van der Waals surface area contributed by atoms with Crippen molar-refractivity contribution in [1.29, 1.82) is 0 Å². The Labute approximate surface area is 132 Å². The summed E-state index contributed by atoms with van der Waals surface area (Å²) in [6, 6.07) is 1.32. The summed E-state index contributed by atoms with van der Waals surface area (Å²) in [6.45, 7) is 6.33. The number of halogens is 3. The van der Waals surface area contributed by atoms with Crippen LogP contribution in [-0.4, -0.2) is 41.1 Å². The van der Waals surface area contributed by atoms with Crippen LogP contribution in [0.1, 0.15) is 24.9 Å². The normalized spacial score (nSPS) is 24.3. The van der Waals surface area contributed by atoms with Crippen molar-refractivity contribution in [2.75, 3.05) is 19.6 Å². The molecule has 2 unspecified atom stereocenters. The molecule has 1 fully saturated rings. The predicted octanol–water partition coefficient (Wildman–Crippen LogP) is 2.47. The zero-order valence-electron chi connectivity index (χ0n) is 12.8. The third-order valence-electron chi connectivity index (χ3n) is 4.26. The van der Waals surface area contributed by atoms with Crippen molar-refractivity contribution in [2.24, 2.45) is 0 Å². The highest BCUT2D eigenvalue weighted by molar-refractivity contribution is 5.82. The smallest absolute Gasteiger partial charge is 0.325 e. The van der Waals surface area contributed by atoms with Gasteiger partial charge >= 0.3 is 5.97 Å². The monoisotopic (exact) mass is 328 g/mol. The third-order valence-corrected chi connectivity index (χ3v) is 4.26. The van der Waals surface area contributed by atoms with Gasteiger partial charge in [-0.15, -0.1) is 6.58 Å². The highest BCUT2D eigenvalue weighted by Gasteiger charge is 2.57. The molecule has 4 nitrogen and oxygen atoms in total. The van der Waals surface area contributed by atoms with E-state index in [2.05, 4.69) is 11.9 Å². The fourth-order valence-corrected chi connectivity index (χ4v) is 2.72. The molecule has 1 saturated heterocycles. The number of benzene rings is 1. The zero-order valence-corrected chi connectivity index (χ0v) is 12.8. The summed E-state index contributed by atoms with van der Waals surface area (Å²) in [7, 11) is 0. The van der Waals surface area contributed by atoms with Gasteiger partial charge in [0, 0.05) is 25.7 Å². The molecular weight excluding hydrogens is 309 g/mol. The quantitative estimate of drug-likeness (QED) is 0.437. The number of carboxylic acid groups (broad SMARTS) is 1.